The second-order valence-corrected chi connectivity index (χ2v) is 5.67. The van der Waals surface area contributed by atoms with E-state index in [0.29, 0.717) is 6.54 Å². The van der Waals surface area contributed by atoms with Crippen LogP contribution in [0.2, 0.25) is 0 Å². The van der Waals surface area contributed by atoms with E-state index in [2.05, 4.69) is 12.2 Å². The van der Waals surface area contributed by atoms with E-state index < -0.39 is 5.82 Å². The minimum Gasteiger partial charge on any atom is -0.494 e. The number of benzene rings is 1. The number of urea groups is 1. The van der Waals surface area contributed by atoms with Gasteiger partial charge in [-0.2, -0.15) is 0 Å². The molecule has 0 aliphatic rings. The van der Waals surface area contributed by atoms with Crippen molar-refractivity contribution in [3.8, 4) is 5.75 Å². The van der Waals surface area contributed by atoms with Crippen LogP contribution in [-0.4, -0.2) is 31.1 Å². The van der Waals surface area contributed by atoms with Gasteiger partial charge in [0.15, 0.2) is 11.6 Å². The molecule has 0 aliphatic heterocycles. The van der Waals surface area contributed by atoms with Crippen LogP contribution < -0.4 is 10.1 Å². The highest BCUT2D eigenvalue weighted by molar-refractivity contribution is 5.74. The zero-order valence-electron chi connectivity index (χ0n) is 14.0. The summed E-state index contributed by atoms with van der Waals surface area (Å²) in [5, 5.41) is 2.96. The predicted molar refractivity (Wildman–Crippen MR) is 86.6 cm³/mol. The van der Waals surface area contributed by atoms with Crippen molar-refractivity contribution in [2.24, 2.45) is 0 Å². The fourth-order valence-electron chi connectivity index (χ4n) is 2.25. The van der Waals surface area contributed by atoms with Crippen molar-refractivity contribution in [2.45, 2.75) is 52.1 Å². The van der Waals surface area contributed by atoms with Gasteiger partial charge in [0.25, 0.3) is 0 Å². The predicted octanol–water partition coefficient (Wildman–Crippen LogP) is 3.94. The highest BCUT2D eigenvalue weighted by Crippen LogP contribution is 2.18. The Morgan fingerprint density at radius 1 is 1.41 bits per heavy atom. The monoisotopic (exact) mass is 310 g/mol. The first-order valence-corrected chi connectivity index (χ1v) is 7.82. The van der Waals surface area contributed by atoms with Gasteiger partial charge in [-0.25, -0.2) is 9.18 Å². The number of halogens is 1. The molecule has 124 valence electrons. The summed E-state index contributed by atoms with van der Waals surface area (Å²) >= 11 is 0. The van der Waals surface area contributed by atoms with Crippen LogP contribution in [0.5, 0.6) is 5.75 Å². The smallest absolute Gasteiger partial charge is 0.317 e. The van der Waals surface area contributed by atoms with E-state index in [1.165, 1.54) is 26.0 Å². The Labute approximate surface area is 132 Å². The number of hydrogen-bond donors (Lipinski definition) is 1. The number of methoxy groups -OCH3 is 1. The van der Waals surface area contributed by atoms with Crippen LogP contribution in [0.4, 0.5) is 9.18 Å². The molecule has 22 heavy (non-hydrogen) atoms. The maximum absolute atomic E-state index is 13.6. The molecule has 1 unspecified atom stereocenters. The molecule has 1 rings (SSSR count). The molecule has 1 N–H and O–H groups in total. The molecule has 2 amide bonds. The molecule has 1 aromatic rings. The van der Waals surface area contributed by atoms with Crippen LogP contribution in [0.3, 0.4) is 0 Å². The average Bonchev–Trinajstić information content (AvgIpc) is 2.47. The fourth-order valence-corrected chi connectivity index (χ4v) is 2.25. The van der Waals surface area contributed by atoms with Gasteiger partial charge in [-0.05, 0) is 31.0 Å². The summed E-state index contributed by atoms with van der Waals surface area (Å²) in [6.07, 6.45) is 4.45. The summed E-state index contributed by atoms with van der Waals surface area (Å²) in [6.45, 7) is 4.52. The van der Waals surface area contributed by atoms with E-state index in [1.54, 1.807) is 24.1 Å². The number of nitrogens with zero attached hydrogens (tertiary/aromatic N) is 1. The molecule has 0 bridgehead atoms. The van der Waals surface area contributed by atoms with Gasteiger partial charge in [-0.3, -0.25) is 0 Å². The Morgan fingerprint density at radius 2 is 2.14 bits per heavy atom. The SMILES string of the molecule is CCCCCC(C)NC(=O)N(C)Cc1ccc(OC)c(F)c1. The number of nitrogens with one attached hydrogen (secondary N) is 1. The van der Waals surface area contributed by atoms with Crippen molar-refractivity contribution in [3.63, 3.8) is 0 Å². The first-order chi connectivity index (χ1) is 10.5. The summed E-state index contributed by atoms with van der Waals surface area (Å²) in [5.41, 5.74) is 0.731. The van der Waals surface area contributed by atoms with Gasteiger partial charge >= 0.3 is 6.03 Å². The van der Waals surface area contributed by atoms with E-state index >= 15 is 0 Å². The standard InChI is InChI=1S/C17H27FN2O2/c1-5-6-7-8-13(2)19-17(21)20(3)12-14-9-10-16(22-4)15(18)11-14/h9-11,13H,5-8,12H2,1-4H3,(H,19,21). The second-order valence-electron chi connectivity index (χ2n) is 5.67. The Balaban J connectivity index is 2.48. The Bertz CT molecular complexity index is 480. The molecule has 0 fully saturated rings. The van der Waals surface area contributed by atoms with Crippen LogP contribution in [0.25, 0.3) is 0 Å². The molecule has 0 spiro atoms. The molecular weight excluding hydrogens is 283 g/mol. The maximum Gasteiger partial charge on any atom is 0.317 e. The fraction of sp³-hybridized carbons (Fsp3) is 0.588. The average molecular weight is 310 g/mol. The number of carbonyl (C=O) groups excluding carboxylic acids is 1. The summed E-state index contributed by atoms with van der Waals surface area (Å²) in [7, 11) is 3.13. The number of ether oxygens (including phenoxy) is 1. The van der Waals surface area contributed by atoms with Gasteiger partial charge in [0, 0.05) is 19.6 Å². The van der Waals surface area contributed by atoms with Crippen LogP contribution in [0, 0.1) is 5.82 Å². The van der Waals surface area contributed by atoms with Crippen molar-refractivity contribution in [1.82, 2.24) is 10.2 Å². The minimum atomic E-state index is -0.415. The number of rotatable bonds is 8. The lowest BCUT2D eigenvalue weighted by Gasteiger charge is -2.21. The van der Waals surface area contributed by atoms with E-state index in [1.807, 2.05) is 6.92 Å². The quantitative estimate of drug-likeness (QED) is 0.739. The highest BCUT2D eigenvalue weighted by Gasteiger charge is 2.13. The van der Waals surface area contributed by atoms with E-state index in [0.717, 1.165) is 18.4 Å². The van der Waals surface area contributed by atoms with Gasteiger partial charge < -0.3 is 15.0 Å². The first kappa shape index (κ1) is 18.3. The number of amides is 2. The van der Waals surface area contributed by atoms with Crippen LogP contribution >= 0.6 is 0 Å². The lowest BCUT2D eigenvalue weighted by Crippen LogP contribution is -2.41. The zero-order valence-corrected chi connectivity index (χ0v) is 14.0. The lowest BCUT2D eigenvalue weighted by molar-refractivity contribution is 0.202. The zero-order chi connectivity index (χ0) is 16.5. The summed E-state index contributed by atoms with van der Waals surface area (Å²) in [4.78, 5) is 13.6. The van der Waals surface area contributed by atoms with Crippen molar-refractivity contribution in [1.29, 1.82) is 0 Å². The molecule has 0 heterocycles. The first-order valence-electron chi connectivity index (χ1n) is 7.82. The third-order valence-electron chi connectivity index (χ3n) is 3.59. The Hall–Kier alpha value is -1.78. The highest BCUT2D eigenvalue weighted by atomic mass is 19.1. The Kier molecular flexibility index (Phi) is 7.71. The van der Waals surface area contributed by atoms with Crippen molar-refractivity contribution in [2.75, 3.05) is 14.2 Å². The lowest BCUT2D eigenvalue weighted by atomic mass is 10.1. The molecule has 5 heteroatoms. The summed E-state index contributed by atoms with van der Waals surface area (Å²) < 4.78 is 18.5. The number of hydrogen-bond acceptors (Lipinski definition) is 2. The summed E-state index contributed by atoms with van der Waals surface area (Å²) in [6, 6.07) is 4.74. The van der Waals surface area contributed by atoms with Gasteiger partial charge in [-0.1, -0.05) is 32.3 Å². The second kappa shape index (κ2) is 9.28. The van der Waals surface area contributed by atoms with Crippen molar-refractivity contribution < 1.29 is 13.9 Å². The molecule has 0 saturated heterocycles. The molecule has 0 saturated carbocycles. The molecular formula is C17H27FN2O2. The van der Waals surface area contributed by atoms with Crippen LogP contribution in [0.15, 0.2) is 18.2 Å². The topological polar surface area (TPSA) is 41.6 Å². The van der Waals surface area contributed by atoms with Crippen molar-refractivity contribution >= 4 is 6.03 Å². The van der Waals surface area contributed by atoms with Gasteiger partial charge in [0.1, 0.15) is 0 Å². The molecule has 0 radical (unpaired) electrons. The number of carbonyl (C=O) groups is 1. The molecule has 1 aromatic carbocycles. The molecule has 0 aliphatic carbocycles. The third-order valence-corrected chi connectivity index (χ3v) is 3.59. The van der Waals surface area contributed by atoms with Crippen LogP contribution in [-0.2, 0) is 6.54 Å². The van der Waals surface area contributed by atoms with Gasteiger partial charge in [-0.15, -0.1) is 0 Å². The largest absolute Gasteiger partial charge is 0.494 e. The summed E-state index contributed by atoms with van der Waals surface area (Å²) in [5.74, 6) is -0.206. The molecule has 1 atom stereocenters. The van der Waals surface area contributed by atoms with E-state index in [-0.39, 0.29) is 17.8 Å². The van der Waals surface area contributed by atoms with Gasteiger partial charge in [0.2, 0.25) is 0 Å². The Morgan fingerprint density at radius 3 is 2.73 bits per heavy atom. The normalized spacial score (nSPS) is 11.9. The van der Waals surface area contributed by atoms with Gasteiger partial charge in [0.05, 0.1) is 7.11 Å². The third kappa shape index (κ3) is 5.92. The number of unbranched alkanes of at least 4 members (excludes halogenated alkanes) is 2. The minimum absolute atomic E-state index is 0.139. The van der Waals surface area contributed by atoms with Crippen LogP contribution in [0.1, 0.15) is 45.1 Å². The molecule has 4 nitrogen and oxygen atoms in total. The maximum atomic E-state index is 13.6. The molecule has 0 aromatic heterocycles. The van der Waals surface area contributed by atoms with Crippen molar-refractivity contribution in [3.05, 3.63) is 29.6 Å². The van der Waals surface area contributed by atoms with E-state index in [4.69, 9.17) is 4.74 Å². The van der Waals surface area contributed by atoms with E-state index in [9.17, 15) is 9.18 Å².